The Balaban J connectivity index is 2.22. The normalized spacial score (nSPS) is 10.0. The summed E-state index contributed by atoms with van der Waals surface area (Å²) in [6, 6.07) is 9.50. The molecule has 0 bridgehead atoms. The molecule has 0 fully saturated rings. The first-order chi connectivity index (χ1) is 11.5. The van der Waals surface area contributed by atoms with Crippen molar-refractivity contribution >= 4 is 29.2 Å². The molecule has 6 nitrogen and oxygen atoms in total. The Morgan fingerprint density at radius 2 is 1.67 bits per heavy atom. The monoisotopic (exact) mass is 349 g/mol. The summed E-state index contributed by atoms with van der Waals surface area (Å²) in [5.74, 6) is 0.729. The van der Waals surface area contributed by atoms with Crippen molar-refractivity contribution in [3.8, 4) is 17.2 Å². The fourth-order valence-electron chi connectivity index (χ4n) is 2.04. The highest BCUT2D eigenvalue weighted by molar-refractivity contribution is 6.32. The predicted octanol–water partition coefficient (Wildman–Crippen LogP) is 4.17. The molecular weight excluding hydrogens is 334 g/mol. The first kappa shape index (κ1) is 17.6. The number of anilines is 1. The van der Waals surface area contributed by atoms with Gasteiger partial charge in [0, 0.05) is 6.07 Å². The van der Waals surface area contributed by atoms with E-state index in [1.807, 2.05) is 0 Å². The number of Topliss-reactive ketones (excluding diaryl/α,β-unsaturated/α-hetero) is 1. The third-order valence-electron chi connectivity index (χ3n) is 3.18. The van der Waals surface area contributed by atoms with Crippen LogP contribution in [0.3, 0.4) is 0 Å². The largest absolute Gasteiger partial charge is 0.495 e. The van der Waals surface area contributed by atoms with Crippen molar-refractivity contribution in [1.82, 2.24) is 0 Å². The lowest BCUT2D eigenvalue weighted by Gasteiger charge is -2.13. The fraction of sp³-hybridized carbons (Fsp3) is 0.176. The van der Waals surface area contributed by atoms with E-state index in [-0.39, 0.29) is 11.5 Å². The first-order valence-corrected chi connectivity index (χ1v) is 7.34. The average Bonchev–Trinajstić information content (AvgIpc) is 2.55. The van der Waals surface area contributed by atoms with Gasteiger partial charge in [0.15, 0.2) is 5.78 Å². The maximum Gasteiger partial charge on any atom is 0.417 e. The Bertz CT molecular complexity index is 776. The van der Waals surface area contributed by atoms with E-state index < -0.39 is 6.09 Å². The summed E-state index contributed by atoms with van der Waals surface area (Å²) in [4.78, 5) is 23.7. The van der Waals surface area contributed by atoms with Crippen molar-refractivity contribution in [2.75, 3.05) is 19.5 Å². The number of para-hydroxylation sites is 1. The molecule has 0 aromatic heterocycles. The molecule has 2 aromatic carbocycles. The van der Waals surface area contributed by atoms with Crippen LogP contribution in [0, 0.1) is 0 Å². The molecular formula is C17H16ClNO5. The number of hydrogen-bond donors (Lipinski definition) is 1. The molecule has 126 valence electrons. The van der Waals surface area contributed by atoms with Gasteiger partial charge in [0.25, 0.3) is 0 Å². The van der Waals surface area contributed by atoms with Gasteiger partial charge in [-0.15, -0.1) is 0 Å². The molecule has 1 N–H and O–H groups in total. The van der Waals surface area contributed by atoms with Gasteiger partial charge in [-0.2, -0.15) is 0 Å². The van der Waals surface area contributed by atoms with Crippen LogP contribution in [-0.4, -0.2) is 26.1 Å². The zero-order valence-electron chi connectivity index (χ0n) is 13.4. The van der Waals surface area contributed by atoms with E-state index >= 15 is 0 Å². The predicted molar refractivity (Wildman–Crippen MR) is 90.6 cm³/mol. The summed E-state index contributed by atoms with van der Waals surface area (Å²) in [6.45, 7) is 1.40. The summed E-state index contributed by atoms with van der Waals surface area (Å²) >= 11 is 6.05. The number of methoxy groups -OCH3 is 2. The fourth-order valence-corrected chi connectivity index (χ4v) is 2.28. The van der Waals surface area contributed by atoms with Crippen LogP contribution in [0.5, 0.6) is 17.2 Å². The van der Waals surface area contributed by atoms with Gasteiger partial charge in [-0.1, -0.05) is 23.7 Å². The van der Waals surface area contributed by atoms with E-state index in [0.29, 0.717) is 27.8 Å². The average molecular weight is 350 g/mol. The van der Waals surface area contributed by atoms with E-state index in [1.54, 1.807) is 24.3 Å². The number of hydrogen-bond acceptors (Lipinski definition) is 5. The van der Waals surface area contributed by atoms with Crippen LogP contribution >= 0.6 is 11.6 Å². The molecule has 0 heterocycles. The van der Waals surface area contributed by atoms with Gasteiger partial charge in [0.1, 0.15) is 17.2 Å². The standard InChI is InChI=1S/C17H16ClNO5/c1-10(20)11-6-4-5-7-14(11)24-17(21)19-13-8-12(18)15(22-2)9-16(13)23-3/h4-9H,1-3H3,(H,19,21). The second-order valence-electron chi connectivity index (χ2n) is 4.75. The first-order valence-electron chi connectivity index (χ1n) is 6.96. The van der Waals surface area contributed by atoms with Gasteiger partial charge in [0.2, 0.25) is 0 Å². The maximum absolute atomic E-state index is 12.1. The van der Waals surface area contributed by atoms with E-state index in [2.05, 4.69) is 5.32 Å². The molecule has 7 heteroatoms. The quantitative estimate of drug-likeness (QED) is 0.820. The summed E-state index contributed by atoms with van der Waals surface area (Å²) in [7, 11) is 2.92. The summed E-state index contributed by atoms with van der Waals surface area (Å²) in [5, 5.41) is 2.83. The Labute approximate surface area is 144 Å². The molecule has 1 amide bonds. The van der Waals surface area contributed by atoms with Crippen molar-refractivity contribution in [2.24, 2.45) is 0 Å². The number of rotatable bonds is 5. The molecule has 0 saturated heterocycles. The SMILES string of the molecule is COc1cc(OC)c(NC(=O)Oc2ccccc2C(C)=O)cc1Cl. The van der Waals surface area contributed by atoms with Crippen LogP contribution < -0.4 is 19.5 Å². The Kier molecular flexibility index (Phi) is 5.65. The highest BCUT2D eigenvalue weighted by Gasteiger charge is 2.16. The Hall–Kier alpha value is -2.73. The molecule has 0 saturated carbocycles. The number of carbonyl (C=O) groups is 2. The number of ether oxygens (including phenoxy) is 3. The van der Waals surface area contributed by atoms with Gasteiger partial charge in [-0.3, -0.25) is 10.1 Å². The second kappa shape index (κ2) is 7.70. The molecule has 0 aliphatic rings. The molecule has 2 rings (SSSR count). The molecule has 0 aliphatic heterocycles. The summed E-state index contributed by atoms with van der Waals surface area (Å²) < 4.78 is 15.5. The molecule has 0 spiro atoms. The number of halogens is 1. The van der Waals surface area contributed by atoms with Crippen LogP contribution in [0.4, 0.5) is 10.5 Å². The number of benzene rings is 2. The van der Waals surface area contributed by atoms with Crippen molar-refractivity contribution in [3.63, 3.8) is 0 Å². The Morgan fingerprint density at radius 1 is 1.00 bits per heavy atom. The lowest BCUT2D eigenvalue weighted by atomic mass is 10.1. The second-order valence-corrected chi connectivity index (χ2v) is 5.16. The lowest BCUT2D eigenvalue weighted by molar-refractivity contribution is 0.101. The third-order valence-corrected chi connectivity index (χ3v) is 3.48. The number of amides is 1. The van der Waals surface area contributed by atoms with Gasteiger partial charge in [-0.05, 0) is 25.1 Å². The van der Waals surface area contributed by atoms with E-state index in [9.17, 15) is 9.59 Å². The van der Waals surface area contributed by atoms with Crippen LogP contribution in [0.2, 0.25) is 5.02 Å². The molecule has 0 unspecified atom stereocenters. The minimum Gasteiger partial charge on any atom is -0.495 e. The van der Waals surface area contributed by atoms with Gasteiger partial charge in [-0.25, -0.2) is 4.79 Å². The van der Waals surface area contributed by atoms with Crippen LogP contribution in [0.1, 0.15) is 17.3 Å². The molecule has 0 aliphatic carbocycles. The van der Waals surface area contributed by atoms with Crippen molar-refractivity contribution in [2.45, 2.75) is 6.92 Å². The molecule has 2 aromatic rings. The maximum atomic E-state index is 12.1. The lowest BCUT2D eigenvalue weighted by Crippen LogP contribution is -2.18. The number of nitrogens with one attached hydrogen (secondary N) is 1. The minimum atomic E-state index is -0.775. The highest BCUT2D eigenvalue weighted by atomic mass is 35.5. The zero-order valence-corrected chi connectivity index (χ0v) is 14.1. The van der Waals surface area contributed by atoms with Gasteiger partial charge >= 0.3 is 6.09 Å². The van der Waals surface area contributed by atoms with Crippen LogP contribution in [0.15, 0.2) is 36.4 Å². The molecule has 0 radical (unpaired) electrons. The minimum absolute atomic E-state index is 0.168. The summed E-state index contributed by atoms with van der Waals surface area (Å²) in [5.41, 5.74) is 0.626. The molecule has 24 heavy (non-hydrogen) atoms. The van der Waals surface area contributed by atoms with Gasteiger partial charge < -0.3 is 14.2 Å². The van der Waals surface area contributed by atoms with Crippen molar-refractivity contribution < 1.29 is 23.8 Å². The third kappa shape index (κ3) is 3.97. The molecule has 0 atom stereocenters. The highest BCUT2D eigenvalue weighted by Crippen LogP contribution is 2.36. The van der Waals surface area contributed by atoms with Gasteiger partial charge in [0.05, 0.1) is 30.5 Å². The number of ketones is 1. The zero-order chi connectivity index (χ0) is 17.7. The number of carbonyl (C=O) groups excluding carboxylic acids is 2. The van der Waals surface area contributed by atoms with E-state index in [0.717, 1.165) is 0 Å². The van der Waals surface area contributed by atoms with Crippen molar-refractivity contribution in [3.05, 3.63) is 47.0 Å². The van der Waals surface area contributed by atoms with Crippen molar-refractivity contribution in [1.29, 1.82) is 0 Å². The van der Waals surface area contributed by atoms with E-state index in [4.69, 9.17) is 25.8 Å². The van der Waals surface area contributed by atoms with Crippen LogP contribution in [0.25, 0.3) is 0 Å². The topological polar surface area (TPSA) is 73.9 Å². The summed E-state index contributed by atoms with van der Waals surface area (Å²) in [6.07, 6.45) is -0.775. The van der Waals surface area contributed by atoms with Crippen LogP contribution in [-0.2, 0) is 0 Å². The van der Waals surface area contributed by atoms with E-state index in [1.165, 1.54) is 33.3 Å². The Morgan fingerprint density at radius 3 is 2.29 bits per heavy atom. The smallest absolute Gasteiger partial charge is 0.417 e.